The van der Waals surface area contributed by atoms with Crippen LogP contribution in [0.3, 0.4) is 0 Å². The third-order valence-electron chi connectivity index (χ3n) is 4.68. The molecule has 23 heavy (non-hydrogen) atoms. The van der Waals surface area contributed by atoms with Gasteiger partial charge in [0.25, 0.3) is 0 Å². The van der Waals surface area contributed by atoms with Crippen LogP contribution in [-0.2, 0) is 4.84 Å². The van der Waals surface area contributed by atoms with Crippen molar-refractivity contribution in [3.05, 3.63) is 45.6 Å². The van der Waals surface area contributed by atoms with Crippen molar-refractivity contribution in [2.24, 2.45) is 5.16 Å². The molecule has 2 aliphatic heterocycles. The van der Waals surface area contributed by atoms with Crippen molar-refractivity contribution in [2.75, 3.05) is 14.2 Å². The molecule has 4 rings (SSSR count). The Morgan fingerprint density at radius 2 is 2.17 bits per heavy atom. The Morgan fingerprint density at radius 3 is 2.87 bits per heavy atom. The molecule has 0 saturated carbocycles. The van der Waals surface area contributed by atoms with E-state index in [1.165, 1.54) is 4.88 Å². The molecule has 2 aromatic rings. The van der Waals surface area contributed by atoms with Crippen molar-refractivity contribution >= 4 is 17.0 Å². The molecule has 0 fully saturated rings. The molecule has 1 aromatic heterocycles. The van der Waals surface area contributed by atoms with Crippen LogP contribution in [0.25, 0.3) is 0 Å². The summed E-state index contributed by atoms with van der Waals surface area (Å²) in [6.07, 6.45) is -0.151. The van der Waals surface area contributed by atoms with E-state index >= 15 is 0 Å². The highest BCUT2D eigenvalue weighted by Crippen LogP contribution is 2.49. The lowest BCUT2D eigenvalue weighted by Gasteiger charge is -2.40. The summed E-state index contributed by atoms with van der Waals surface area (Å²) >= 11 is 1.71. The summed E-state index contributed by atoms with van der Waals surface area (Å²) in [5, 5.41) is 16.5. The zero-order valence-electron chi connectivity index (χ0n) is 13.2. The quantitative estimate of drug-likeness (QED) is 0.918. The second-order valence-corrected chi connectivity index (χ2v) is 6.92. The van der Waals surface area contributed by atoms with Crippen LogP contribution in [0.1, 0.15) is 34.9 Å². The topological polar surface area (TPSA) is 54.3 Å². The molecule has 1 N–H and O–H groups in total. The molecule has 0 radical (unpaired) electrons. The highest BCUT2D eigenvalue weighted by atomic mass is 32.1. The van der Waals surface area contributed by atoms with Gasteiger partial charge in [-0.2, -0.15) is 0 Å². The van der Waals surface area contributed by atoms with Gasteiger partial charge < -0.3 is 14.7 Å². The predicted molar refractivity (Wildman–Crippen MR) is 89.3 cm³/mol. The number of aromatic hydroxyl groups is 1. The van der Waals surface area contributed by atoms with Crippen LogP contribution in [0.2, 0.25) is 0 Å². The van der Waals surface area contributed by atoms with Crippen LogP contribution in [0.4, 0.5) is 0 Å². The maximum Gasteiger partial charge on any atom is 0.194 e. The second-order valence-electron chi connectivity index (χ2n) is 5.94. The van der Waals surface area contributed by atoms with E-state index in [1.807, 2.05) is 13.0 Å². The number of rotatable bonds is 2. The molecule has 6 heteroatoms. The number of fused-ring (bicyclic) bond motifs is 3. The summed E-state index contributed by atoms with van der Waals surface area (Å²) in [7, 11) is 3.63. The summed E-state index contributed by atoms with van der Waals surface area (Å²) in [6, 6.07) is 7.97. The van der Waals surface area contributed by atoms with Crippen molar-refractivity contribution in [1.82, 2.24) is 4.90 Å². The molecule has 0 aliphatic carbocycles. The first-order valence-corrected chi connectivity index (χ1v) is 8.36. The molecular weight excluding hydrogens is 312 g/mol. The van der Waals surface area contributed by atoms with Crippen molar-refractivity contribution in [3.63, 3.8) is 0 Å². The maximum atomic E-state index is 10.2. The number of ether oxygens (including phenoxy) is 1. The molecule has 0 bridgehead atoms. The Bertz CT molecular complexity index is 772. The summed E-state index contributed by atoms with van der Waals surface area (Å²) in [4.78, 5) is 9.10. The average molecular weight is 330 g/mol. The first-order chi connectivity index (χ1) is 11.1. The number of hydrogen-bond acceptors (Lipinski definition) is 6. The van der Waals surface area contributed by atoms with Crippen molar-refractivity contribution in [1.29, 1.82) is 0 Å². The second kappa shape index (κ2) is 5.25. The van der Waals surface area contributed by atoms with E-state index in [0.29, 0.717) is 5.75 Å². The zero-order chi connectivity index (χ0) is 16.1. The Balaban J connectivity index is 1.95. The highest BCUT2D eigenvalue weighted by molar-refractivity contribution is 7.10. The minimum absolute atomic E-state index is 0.0306. The van der Waals surface area contributed by atoms with Crippen LogP contribution in [0.15, 0.2) is 34.8 Å². The van der Waals surface area contributed by atoms with Crippen LogP contribution in [-0.4, -0.2) is 36.1 Å². The van der Waals surface area contributed by atoms with Gasteiger partial charge in [0.15, 0.2) is 17.7 Å². The number of thiophene rings is 1. The lowest BCUT2D eigenvalue weighted by Crippen LogP contribution is -2.44. The number of hydrogen-bond donors (Lipinski definition) is 1. The van der Waals surface area contributed by atoms with E-state index in [9.17, 15) is 5.11 Å². The molecule has 120 valence electrons. The monoisotopic (exact) mass is 330 g/mol. The standard InChI is InChI=1S/C17H18N2O3S/c1-9-15-10-7-12(20)13(21-3)8-11(10)16(14-5-4-6-23-14)19(2)17(15)22-18-9/h4-8,15-17,20H,1-3H3/t15-,16+,17-/m1/s1. The summed E-state index contributed by atoms with van der Waals surface area (Å²) in [6.45, 7) is 1.97. The predicted octanol–water partition coefficient (Wildman–Crippen LogP) is 3.31. The van der Waals surface area contributed by atoms with Gasteiger partial charge in [-0.25, -0.2) is 0 Å². The van der Waals surface area contributed by atoms with Crippen LogP contribution < -0.4 is 4.74 Å². The molecular formula is C17H18N2O3S. The minimum Gasteiger partial charge on any atom is -0.504 e. The van der Waals surface area contributed by atoms with E-state index < -0.39 is 0 Å². The zero-order valence-corrected chi connectivity index (χ0v) is 14.0. The van der Waals surface area contributed by atoms with Gasteiger partial charge in [-0.05, 0) is 48.7 Å². The first-order valence-electron chi connectivity index (χ1n) is 7.48. The number of likely N-dealkylation sites (N-methyl/N-ethyl adjacent to an activating group) is 1. The van der Waals surface area contributed by atoms with Gasteiger partial charge in [0.2, 0.25) is 0 Å². The Morgan fingerprint density at radius 1 is 1.35 bits per heavy atom. The molecule has 0 amide bonds. The lowest BCUT2D eigenvalue weighted by atomic mass is 9.81. The smallest absolute Gasteiger partial charge is 0.194 e. The molecule has 5 nitrogen and oxygen atoms in total. The fourth-order valence-corrected chi connectivity index (χ4v) is 4.48. The van der Waals surface area contributed by atoms with Gasteiger partial charge in [0.05, 0.1) is 24.8 Å². The molecule has 3 atom stereocenters. The number of oxime groups is 1. The van der Waals surface area contributed by atoms with Gasteiger partial charge in [-0.3, -0.25) is 4.90 Å². The van der Waals surface area contributed by atoms with Crippen LogP contribution in [0.5, 0.6) is 11.5 Å². The SMILES string of the molecule is COc1cc2c(cc1O)[C@H]1C(C)=NO[C@H]1N(C)[C@@H]2c1cccs1. The van der Waals surface area contributed by atoms with E-state index in [1.54, 1.807) is 24.5 Å². The van der Waals surface area contributed by atoms with Gasteiger partial charge >= 0.3 is 0 Å². The maximum absolute atomic E-state index is 10.2. The number of methoxy groups -OCH3 is 1. The van der Waals surface area contributed by atoms with Gasteiger partial charge in [-0.1, -0.05) is 11.2 Å². The molecule has 0 unspecified atom stereocenters. The fraction of sp³-hybridized carbons (Fsp3) is 0.353. The summed E-state index contributed by atoms with van der Waals surface area (Å²) < 4.78 is 5.32. The molecule has 1 aromatic carbocycles. The molecule has 0 saturated heterocycles. The van der Waals surface area contributed by atoms with E-state index in [0.717, 1.165) is 16.8 Å². The van der Waals surface area contributed by atoms with Crippen LogP contribution >= 0.6 is 11.3 Å². The highest BCUT2D eigenvalue weighted by Gasteiger charge is 2.46. The van der Waals surface area contributed by atoms with Gasteiger partial charge in [0, 0.05) is 4.88 Å². The van der Waals surface area contributed by atoms with Crippen molar-refractivity contribution in [2.45, 2.75) is 25.1 Å². The first kappa shape index (κ1) is 14.5. The molecule has 3 heterocycles. The third-order valence-corrected chi connectivity index (χ3v) is 5.60. The molecule has 0 spiro atoms. The Kier molecular flexibility index (Phi) is 3.32. The third kappa shape index (κ3) is 2.05. The lowest BCUT2D eigenvalue weighted by molar-refractivity contribution is -0.0533. The summed E-state index contributed by atoms with van der Waals surface area (Å²) in [5.74, 6) is 0.674. The van der Waals surface area contributed by atoms with E-state index in [2.05, 4.69) is 34.6 Å². The van der Waals surface area contributed by atoms with Gasteiger partial charge in [0.1, 0.15) is 0 Å². The van der Waals surface area contributed by atoms with Gasteiger partial charge in [-0.15, -0.1) is 11.3 Å². The molecule has 2 aliphatic rings. The number of phenols is 1. The Labute approximate surface area is 138 Å². The van der Waals surface area contributed by atoms with E-state index in [4.69, 9.17) is 9.57 Å². The normalized spacial score (nSPS) is 26.2. The fourth-order valence-electron chi connectivity index (χ4n) is 3.59. The summed E-state index contributed by atoms with van der Waals surface area (Å²) in [5.41, 5.74) is 3.12. The average Bonchev–Trinajstić information content (AvgIpc) is 3.18. The number of phenolic OH excluding ortho intramolecular Hbond substituents is 1. The largest absolute Gasteiger partial charge is 0.504 e. The Hall–Kier alpha value is -2.05. The minimum atomic E-state index is -0.151. The van der Waals surface area contributed by atoms with Crippen molar-refractivity contribution < 1.29 is 14.7 Å². The van der Waals surface area contributed by atoms with E-state index in [-0.39, 0.29) is 23.9 Å². The van der Waals surface area contributed by atoms with Crippen LogP contribution in [0, 0.1) is 0 Å². The number of nitrogens with zero attached hydrogens (tertiary/aromatic N) is 2. The van der Waals surface area contributed by atoms with Crippen molar-refractivity contribution in [3.8, 4) is 11.5 Å². The number of benzene rings is 1.